The van der Waals surface area contributed by atoms with Gasteiger partial charge in [0.1, 0.15) is 0 Å². The number of hydrogen-bond donors (Lipinski definition) is 1. The normalized spacial score (nSPS) is 10.4. The Kier molecular flexibility index (Phi) is 4.08. The van der Waals surface area contributed by atoms with E-state index in [0.717, 1.165) is 12.2 Å². The molecule has 0 amide bonds. The second kappa shape index (κ2) is 5.77. The predicted molar refractivity (Wildman–Crippen MR) is 81.2 cm³/mol. The maximum Gasteiger partial charge on any atom is 0.0992 e. The van der Waals surface area contributed by atoms with Gasteiger partial charge in [0.2, 0.25) is 0 Å². The van der Waals surface area contributed by atoms with Crippen LogP contribution in [0.5, 0.6) is 0 Å². The van der Waals surface area contributed by atoms with Crippen molar-refractivity contribution in [2.75, 3.05) is 10.6 Å². The van der Waals surface area contributed by atoms with Crippen LogP contribution < -0.4 is 10.6 Å². The fourth-order valence-electron chi connectivity index (χ4n) is 2.00. The lowest BCUT2D eigenvalue weighted by Crippen LogP contribution is -2.30. The van der Waals surface area contributed by atoms with E-state index in [1.165, 1.54) is 4.88 Å². The third-order valence-corrected chi connectivity index (χ3v) is 3.86. The van der Waals surface area contributed by atoms with Crippen LogP contribution in [0.2, 0.25) is 0 Å². The fourth-order valence-corrected chi connectivity index (χ4v) is 2.70. The second-order valence-corrected chi connectivity index (χ2v) is 5.72. The summed E-state index contributed by atoms with van der Waals surface area (Å²) in [6.07, 6.45) is 0. The van der Waals surface area contributed by atoms with E-state index < -0.39 is 0 Å². The van der Waals surface area contributed by atoms with Gasteiger partial charge in [-0.3, -0.25) is 0 Å². The number of nitrogen functional groups attached to an aromatic ring is 1. The van der Waals surface area contributed by atoms with E-state index in [-0.39, 0.29) is 0 Å². The first-order chi connectivity index (χ1) is 9.11. The van der Waals surface area contributed by atoms with Crippen molar-refractivity contribution in [1.29, 1.82) is 5.26 Å². The van der Waals surface area contributed by atoms with Gasteiger partial charge < -0.3 is 10.6 Å². The molecular weight excluding hydrogens is 254 g/mol. The minimum Gasteiger partial charge on any atom is -0.397 e. The van der Waals surface area contributed by atoms with Crippen molar-refractivity contribution in [2.45, 2.75) is 26.4 Å². The Morgan fingerprint density at radius 1 is 1.37 bits per heavy atom. The molecule has 2 rings (SSSR count). The molecule has 1 aromatic carbocycles. The Labute approximate surface area is 117 Å². The Bertz CT molecular complexity index is 582. The number of nitriles is 1. The Balaban J connectivity index is 2.32. The van der Waals surface area contributed by atoms with Crippen LogP contribution in [0.1, 0.15) is 24.3 Å². The zero-order valence-corrected chi connectivity index (χ0v) is 11.9. The number of nitrogens with two attached hydrogens (primary N) is 1. The van der Waals surface area contributed by atoms with Crippen LogP contribution in [0.25, 0.3) is 0 Å². The summed E-state index contributed by atoms with van der Waals surface area (Å²) < 4.78 is 0. The molecule has 0 aliphatic rings. The molecule has 98 valence electrons. The fraction of sp³-hybridized carbons (Fsp3) is 0.267. The van der Waals surface area contributed by atoms with Gasteiger partial charge in [0, 0.05) is 10.9 Å². The van der Waals surface area contributed by atoms with Crippen molar-refractivity contribution in [2.24, 2.45) is 0 Å². The molecule has 2 aromatic rings. The van der Waals surface area contributed by atoms with E-state index in [4.69, 9.17) is 11.0 Å². The number of hydrogen-bond acceptors (Lipinski definition) is 4. The summed E-state index contributed by atoms with van der Waals surface area (Å²) in [5.74, 6) is 0. The van der Waals surface area contributed by atoms with Crippen molar-refractivity contribution in [3.05, 3.63) is 46.2 Å². The van der Waals surface area contributed by atoms with Crippen molar-refractivity contribution in [1.82, 2.24) is 0 Å². The van der Waals surface area contributed by atoms with Gasteiger partial charge in [0.15, 0.2) is 0 Å². The molecule has 0 aliphatic heterocycles. The molecule has 0 radical (unpaired) electrons. The topological polar surface area (TPSA) is 53.0 Å². The minimum absolute atomic E-state index is 0.345. The highest BCUT2D eigenvalue weighted by molar-refractivity contribution is 7.09. The molecule has 3 nitrogen and oxygen atoms in total. The standard InChI is InChI=1S/C15H17N3S/c1-11(2)18(10-13-4-3-7-19-13)15-6-5-12(9-16)8-14(15)17/h3-8,11H,10,17H2,1-2H3. The SMILES string of the molecule is CC(C)N(Cc1cccs1)c1ccc(C#N)cc1N. The minimum atomic E-state index is 0.345. The molecule has 1 heterocycles. The second-order valence-electron chi connectivity index (χ2n) is 4.69. The Morgan fingerprint density at radius 3 is 2.68 bits per heavy atom. The van der Waals surface area contributed by atoms with Gasteiger partial charge in [-0.2, -0.15) is 5.26 Å². The van der Waals surface area contributed by atoms with E-state index in [2.05, 4.69) is 42.3 Å². The molecule has 0 spiro atoms. The summed E-state index contributed by atoms with van der Waals surface area (Å²) in [6.45, 7) is 5.13. The van der Waals surface area contributed by atoms with Gasteiger partial charge in [0.05, 0.1) is 29.6 Å². The molecular formula is C15H17N3S. The molecule has 0 aliphatic carbocycles. The molecule has 0 saturated carbocycles. The van der Waals surface area contributed by atoms with E-state index in [1.54, 1.807) is 17.4 Å². The van der Waals surface area contributed by atoms with Gasteiger partial charge in [-0.25, -0.2) is 0 Å². The van der Waals surface area contributed by atoms with Crippen LogP contribution in [0.4, 0.5) is 11.4 Å². The van der Waals surface area contributed by atoms with Gasteiger partial charge in [0.25, 0.3) is 0 Å². The largest absolute Gasteiger partial charge is 0.397 e. The quantitative estimate of drug-likeness (QED) is 0.864. The maximum atomic E-state index is 8.89. The van der Waals surface area contributed by atoms with Crippen molar-refractivity contribution in [3.63, 3.8) is 0 Å². The van der Waals surface area contributed by atoms with Crippen LogP contribution in [0.3, 0.4) is 0 Å². The average Bonchev–Trinajstić information content (AvgIpc) is 2.89. The molecule has 0 saturated heterocycles. The Hall–Kier alpha value is -1.99. The lowest BCUT2D eigenvalue weighted by molar-refractivity contribution is 0.688. The molecule has 4 heteroatoms. The first-order valence-corrected chi connectivity index (χ1v) is 7.08. The van der Waals surface area contributed by atoms with Crippen molar-refractivity contribution in [3.8, 4) is 6.07 Å². The van der Waals surface area contributed by atoms with Gasteiger partial charge in [-0.05, 0) is 43.5 Å². The average molecular weight is 271 g/mol. The highest BCUT2D eigenvalue weighted by Crippen LogP contribution is 2.28. The van der Waals surface area contributed by atoms with Crippen LogP contribution in [-0.4, -0.2) is 6.04 Å². The van der Waals surface area contributed by atoms with Gasteiger partial charge in [-0.1, -0.05) is 6.07 Å². The molecule has 0 fully saturated rings. The number of nitrogens with zero attached hydrogens (tertiary/aromatic N) is 2. The zero-order valence-electron chi connectivity index (χ0n) is 11.1. The number of benzene rings is 1. The lowest BCUT2D eigenvalue weighted by Gasteiger charge is -2.29. The van der Waals surface area contributed by atoms with Gasteiger partial charge >= 0.3 is 0 Å². The molecule has 0 atom stereocenters. The van der Waals surface area contributed by atoms with Crippen molar-refractivity contribution < 1.29 is 0 Å². The van der Waals surface area contributed by atoms with E-state index in [0.29, 0.717) is 17.3 Å². The first-order valence-electron chi connectivity index (χ1n) is 6.20. The van der Waals surface area contributed by atoms with E-state index in [1.807, 2.05) is 12.1 Å². The monoisotopic (exact) mass is 271 g/mol. The molecule has 19 heavy (non-hydrogen) atoms. The molecule has 0 bridgehead atoms. The van der Waals surface area contributed by atoms with Crippen LogP contribution >= 0.6 is 11.3 Å². The third-order valence-electron chi connectivity index (χ3n) is 3.00. The number of rotatable bonds is 4. The number of thiophene rings is 1. The summed E-state index contributed by atoms with van der Waals surface area (Å²) in [4.78, 5) is 3.56. The first kappa shape index (κ1) is 13.4. The summed E-state index contributed by atoms with van der Waals surface area (Å²) in [7, 11) is 0. The van der Waals surface area contributed by atoms with Crippen molar-refractivity contribution >= 4 is 22.7 Å². The zero-order chi connectivity index (χ0) is 13.8. The molecule has 0 unspecified atom stereocenters. The van der Waals surface area contributed by atoms with Crippen LogP contribution in [0, 0.1) is 11.3 Å². The smallest absolute Gasteiger partial charge is 0.0992 e. The predicted octanol–water partition coefficient (Wildman–Crippen LogP) is 3.62. The summed E-state index contributed by atoms with van der Waals surface area (Å²) in [6, 6.07) is 12.1. The number of anilines is 2. The van der Waals surface area contributed by atoms with Crippen LogP contribution in [0.15, 0.2) is 35.7 Å². The molecule has 1 aromatic heterocycles. The van der Waals surface area contributed by atoms with E-state index in [9.17, 15) is 0 Å². The summed E-state index contributed by atoms with van der Waals surface area (Å²) in [5.41, 5.74) is 8.32. The molecule has 2 N–H and O–H groups in total. The summed E-state index contributed by atoms with van der Waals surface area (Å²) in [5, 5.41) is 11.0. The summed E-state index contributed by atoms with van der Waals surface area (Å²) >= 11 is 1.74. The third kappa shape index (κ3) is 3.07. The maximum absolute atomic E-state index is 8.89. The lowest BCUT2D eigenvalue weighted by atomic mass is 10.1. The van der Waals surface area contributed by atoms with E-state index >= 15 is 0 Å². The highest BCUT2D eigenvalue weighted by atomic mass is 32.1. The van der Waals surface area contributed by atoms with Gasteiger partial charge in [-0.15, -0.1) is 11.3 Å². The van der Waals surface area contributed by atoms with Crippen LogP contribution in [-0.2, 0) is 6.54 Å². The Morgan fingerprint density at radius 2 is 2.16 bits per heavy atom. The highest BCUT2D eigenvalue weighted by Gasteiger charge is 2.14.